The number of hydrogen-bond donors (Lipinski definition) is 1. The van der Waals surface area contributed by atoms with Crippen molar-refractivity contribution < 1.29 is 14.5 Å². The van der Waals surface area contributed by atoms with E-state index in [0.29, 0.717) is 16.9 Å². The number of carbonyl (C=O) groups is 2. The van der Waals surface area contributed by atoms with E-state index in [4.69, 9.17) is 12.2 Å². The molecule has 2 amide bonds. The average Bonchev–Trinajstić information content (AvgIpc) is 3.33. The van der Waals surface area contributed by atoms with Crippen molar-refractivity contribution in [3.05, 3.63) is 125 Å². The van der Waals surface area contributed by atoms with E-state index in [1.807, 2.05) is 71.3 Å². The van der Waals surface area contributed by atoms with Gasteiger partial charge >= 0.3 is 0 Å². The van der Waals surface area contributed by atoms with Gasteiger partial charge in [-0.05, 0) is 47.6 Å². The normalized spacial score (nSPS) is 14.4. The molecule has 1 aliphatic rings. The summed E-state index contributed by atoms with van der Waals surface area (Å²) in [4.78, 5) is 38.4. The Morgan fingerprint density at radius 3 is 2.13 bits per heavy atom. The fourth-order valence-electron chi connectivity index (χ4n) is 4.49. The molecule has 1 N–H and O–H groups in total. The van der Waals surface area contributed by atoms with E-state index in [2.05, 4.69) is 11.9 Å². The summed E-state index contributed by atoms with van der Waals surface area (Å²) >= 11 is 5.19. The van der Waals surface area contributed by atoms with Crippen LogP contribution in [0.2, 0.25) is 0 Å². The van der Waals surface area contributed by atoms with Crippen LogP contribution in [-0.2, 0) is 9.59 Å². The zero-order chi connectivity index (χ0) is 27.5. The third-order valence-corrected chi connectivity index (χ3v) is 6.59. The van der Waals surface area contributed by atoms with Crippen LogP contribution in [0.3, 0.4) is 0 Å². The third-order valence-electron chi connectivity index (χ3n) is 6.26. The van der Waals surface area contributed by atoms with Gasteiger partial charge in [0.2, 0.25) is 0 Å². The maximum Gasteiger partial charge on any atom is 0.269 e. The zero-order valence-corrected chi connectivity index (χ0v) is 21.4. The lowest BCUT2D eigenvalue weighted by atomic mass is 10.0. The van der Waals surface area contributed by atoms with Crippen molar-refractivity contribution in [1.29, 1.82) is 0 Å². The van der Waals surface area contributed by atoms with E-state index < -0.39 is 16.7 Å². The van der Waals surface area contributed by atoms with Gasteiger partial charge in [-0.25, -0.2) is 0 Å². The fraction of sp³-hybridized carbons (Fsp3) is 0.0333. The number of benzene rings is 3. The van der Waals surface area contributed by atoms with E-state index in [-0.39, 0.29) is 22.9 Å². The Morgan fingerprint density at radius 2 is 1.54 bits per heavy atom. The lowest BCUT2D eigenvalue weighted by Crippen LogP contribution is -2.53. The minimum atomic E-state index is -0.589. The van der Waals surface area contributed by atoms with Gasteiger partial charge in [0.05, 0.1) is 16.3 Å². The minimum absolute atomic E-state index is 0.0266. The van der Waals surface area contributed by atoms with E-state index >= 15 is 0 Å². The second-order valence-electron chi connectivity index (χ2n) is 8.70. The SMILES string of the molecule is C=CCN1C(=O)/C(=C\c2cc(-c3ccccc3)n(-c3ccc([N+](=O)[O-])cc3)c2-c2ccccc2)C(=O)NC1=S. The molecule has 0 spiro atoms. The zero-order valence-electron chi connectivity index (χ0n) is 20.6. The number of amides is 2. The van der Waals surface area contributed by atoms with Gasteiger partial charge in [0.1, 0.15) is 5.57 Å². The van der Waals surface area contributed by atoms with Crippen LogP contribution in [0.1, 0.15) is 5.56 Å². The topological polar surface area (TPSA) is 97.5 Å². The Morgan fingerprint density at radius 1 is 0.923 bits per heavy atom. The number of non-ortho nitro benzene ring substituents is 1. The van der Waals surface area contributed by atoms with Crippen molar-refractivity contribution in [2.24, 2.45) is 0 Å². The summed E-state index contributed by atoms with van der Waals surface area (Å²) in [5.74, 6) is -1.11. The molecular weight excluding hydrogens is 512 g/mol. The van der Waals surface area contributed by atoms with Crippen LogP contribution >= 0.6 is 12.2 Å². The first kappa shape index (κ1) is 25.5. The van der Waals surface area contributed by atoms with Gasteiger partial charge in [-0.3, -0.25) is 29.9 Å². The summed E-state index contributed by atoms with van der Waals surface area (Å²) < 4.78 is 1.97. The summed E-state index contributed by atoms with van der Waals surface area (Å²) in [6, 6.07) is 27.3. The van der Waals surface area contributed by atoms with Crippen molar-refractivity contribution in [3.63, 3.8) is 0 Å². The lowest BCUT2D eigenvalue weighted by Gasteiger charge is -2.27. The molecule has 0 aliphatic carbocycles. The van der Waals surface area contributed by atoms with Gasteiger partial charge < -0.3 is 4.57 Å². The molecule has 1 saturated heterocycles. The molecule has 2 heterocycles. The van der Waals surface area contributed by atoms with Gasteiger partial charge in [0, 0.05) is 29.9 Å². The van der Waals surface area contributed by atoms with Gasteiger partial charge in [0.25, 0.3) is 17.5 Å². The Bertz CT molecular complexity index is 1640. The summed E-state index contributed by atoms with van der Waals surface area (Å²) in [5, 5.41) is 13.9. The molecule has 4 aromatic rings. The number of nitro groups is 1. The Labute approximate surface area is 229 Å². The highest BCUT2D eigenvalue weighted by molar-refractivity contribution is 7.80. The number of rotatable bonds is 7. The van der Waals surface area contributed by atoms with Gasteiger partial charge in [-0.15, -0.1) is 6.58 Å². The number of aromatic nitrogens is 1. The molecule has 0 radical (unpaired) electrons. The summed E-state index contributed by atoms with van der Waals surface area (Å²) in [6.45, 7) is 3.83. The van der Waals surface area contributed by atoms with E-state index in [1.54, 1.807) is 18.2 Å². The van der Waals surface area contributed by atoms with Crippen molar-refractivity contribution in [1.82, 2.24) is 14.8 Å². The number of nitrogens with zero attached hydrogens (tertiary/aromatic N) is 3. The average molecular weight is 535 g/mol. The highest BCUT2D eigenvalue weighted by Crippen LogP contribution is 2.37. The fourth-order valence-corrected chi connectivity index (χ4v) is 4.74. The highest BCUT2D eigenvalue weighted by Gasteiger charge is 2.33. The van der Waals surface area contributed by atoms with Crippen molar-refractivity contribution in [2.45, 2.75) is 0 Å². The molecule has 5 rings (SSSR count). The molecule has 0 bridgehead atoms. The van der Waals surface area contributed by atoms with Crippen molar-refractivity contribution in [3.8, 4) is 28.2 Å². The largest absolute Gasteiger partial charge is 0.309 e. The first-order valence-electron chi connectivity index (χ1n) is 12.0. The second kappa shape index (κ2) is 10.7. The van der Waals surface area contributed by atoms with Crippen LogP contribution < -0.4 is 5.32 Å². The minimum Gasteiger partial charge on any atom is -0.309 e. The van der Waals surface area contributed by atoms with E-state index in [0.717, 1.165) is 16.8 Å². The third kappa shape index (κ3) is 4.90. The van der Waals surface area contributed by atoms with Crippen LogP contribution in [-0.4, -0.2) is 37.9 Å². The number of thiocarbonyl (C=S) groups is 1. The first-order chi connectivity index (χ1) is 18.9. The van der Waals surface area contributed by atoms with Gasteiger partial charge in [0.15, 0.2) is 5.11 Å². The van der Waals surface area contributed by atoms with Crippen molar-refractivity contribution >= 4 is 40.9 Å². The molecule has 8 nitrogen and oxygen atoms in total. The molecule has 1 aromatic heterocycles. The summed E-state index contributed by atoms with van der Waals surface area (Å²) in [6.07, 6.45) is 3.10. The monoisotopic (exact) mass is 534 g/mol. The molecule has 39 heavy (non-hydrogen) atoms. The predicted molar refractivity (Wildman–Crippen MR) is 154 cm³/mol. The molecular formula is C30H22N4O4S. The second-order valence-corrected chi connectivity index (χ2v) is 9.08. The van der Waals surface area contributed by atoms with E-state index in [1.165, 1.54) is 23.1 Å². The molecule has 3 aromatic carbocycles. The Balaban J connectivity index is 1.80. The highest BCUT2D eigenvalue weighted by atomic mass is 32.1. The van der Waals surface area contributed by atoms with Crippen LogP contribution in [0.15, 0.2) is 109 Å². The van der Waals surface area contributed by atoms with Crippen molar-refractivity contribution in [2.75, 3.05) is 6.54 Å². The quantitative estimate of drug-likeness (QED) is 0.0840. The number of carbonyl (C=O) groups excluding carboxylic acids is 2. The van der Waals surface area contributed by atoms with Crippen LogP contribution in [0.5, 0.6) is 0 Å². The molecule has 0 unspecified atom stereocenters. The maximum absolute atomic E-state index is 13.3. The van der Waals surface area contributed by atoms with Gasteiger partial charge in [-0.1, -0.05) is 66.7 Å². The molecule has 0 atom stereocenters. The van der Waals surface area contributed by atoms with Gasteiger partial charge in [-0.2, -0.15) is 0 Å². The lowest BCUT2D eigenvalue weighted by molar-refractivity contribution is -0.384. The Kier molecular flexibility index (Phi) is 6.98. The van der Waals surface area contributed by atoms with Crippen LogP contribution in [0, 0.1) is 10.1 Å². The smallest absolute Gasteiger partial charge is 0.269 e. The molecule has 0 saturated carbocycles. The predicted octanol–water partition coefficient (Wildman–Crippen LogP) is 5.53. The standard InChI is InChI=1S/C30H22N4O4S/c1-2-17-32-29(36)25(28(35)31-30(32)39)18-22-19-26(20-9-5-3-6-10-20)33(27(22)21-11-7-4-8-12-21)23-13-15-24(16-14-23)34(37)38/h2-16,18-19H,1,17H2,(H,31,35,39)/b25-18-. The number of hydrogen-bond acceptors (Lipinski definition) is 5. The van der Waals surface area contributed by atoms with Crippen LogP contribution in [0.4, 0.5) is 5.69 Å². The molecule has 192 valence electrons. The number of nitro benzene ring substituents is 1. The molecule has 9 heteroatoms. The first-order valence-corrected chi connectivity index (χ1v) is 12.4. The van der Waals surface area contributed by atoms with Crippen LogP contribution in [0.25, 0.3) is 34.3 Å². The maximum atomic E-state index is 13.3. The Hall–Kier alpha value is -5.15. The molecule has 1 fully saturated rings. The molecule has 1 aliphatic heterocycles. The summed E-state index contributed by atoms with van der Waals surface area (Å²) in [5.41, 5.74) is 4.39. The van der Waals surface area contributed by atoms with E-state index in [9.17, 15) is 19.7 Å². The number of nitrogens with one attached hydrogen (secondary N) is 1. The summed E-state index contributed by atoms with van der Waals surface area (Å²) in [7, 11) is 0.